The molecule has 1 aliphatic heterocycles. The van der Waals surface area contributed by atoms with Gasteiger partial charge in [-0.25, -0.2) is 0 Å². The summed E-state index contributed by atoms with van der Waals surface area (Å²) in [6.07, 6.45) is 6.64. The smallest absolute Gasteiger partial charge is 0.241 e. The molecule has 8 heteroatoms. The number of carbonyl (C=O) groups excluding carboxylic acids is 1. The normalized spacial score (nSPS) is 15.7. The lowest BCUT2D eigenvalue weighted by Gasteiger charge is -2.27. The third-order valence-corrected chi connectivity index (χ3v) is 5.40. The monoisotopic (exact) mass is 412 g/mol. The van der Waals surface area contributed by atoms with Gasteiger partial charge in [0.25, 0.3) is 0 Å². The largest absolute Gasteiger partial charge is 0.468 e. The van der Waals surface area contributed by atoms with E-state index >= 15 is 0 Å². The molecule has 2 aromatic rings. The Morgan fingerprint density at radius 3 is 2.77 bits per heavy atom. The highest BCUT2D eigenvalue weighted by Gasteiger charge is 2.25. The number of hydrogen-bond acceptors (Lipinski definition) is 5. The van der Waals surface area contributed by atoms with Crippen LogP contribution >= 0.6 is 0 Å². The van der Waals surface area contributed by atoms with Crippen molar-refractivity contribution in [3.8, 4) is 0 Å². The molecule has 3 heterocycles. The van der Waals surface area contributed by atoms with Crippen LogP contribution in [0.1, 0.15) is 30.3 Å². The molecule has 2 N–H and O–H groups in total. The van der Waals surface area contributed by atoms with Crippen molar-refractivity contribution in [2.75, 3.05) is 46.8 Å². The number of likely N-dealkylation sites (N-methyl/N-ethyl adjacent to an activating group) is 1. The predicted molar refractivity (Wildman–Crippen MR) is 117 cm³/mol. The van der Waals surface area contributed by atoms with Gasteiger partial charge in [0.05, 0.1) is 18.8 Å². The second-order valence-corrected chi connectivity index (χ2v) is 7.47. The molecule has 3 rings (SSSR count). The van der Waals surface area contributed by atoms with Crippen LogP contribution < -0.4 is 10.6 Å². The Balaban J connectivity index is 1.44. The van der Waals surface area contributed by atoms with Crippen molar-refractivity contribution in [2.24, 2.45) is 4.99 Å². The molecule has 0 bridgehead atoms. The van der Waals surface area contributed by atoms with Crippen LogP contribution in [0.15, 0.2) is 52.2 Å². The second kappa shape index (κ2) is 11.3. The first-order valence-electron chi connectivity index (χ1n) is 10.5. The highest BCUT2D eigenvalue weighted by atomic mass is 16.3. The van der Waals surface area contributed by atoms with E-state index in [1.807, 2.05) is 37.4 Å². The fourth-order valence-corrected chi connectivity index (χ4v) is 3.60. The molecule has 0 radical (unpaired) electrons. The van der Waals surface area contributed by atoms with E-state index in [1.165, 1.54) is 12.8 Å². The number of likely N-dealkylation sites (tertiary alicyclic amines) is 1. The van der Waals surface area contributed by atoms with Gasteiger partial charge >= 0.3 is 0 Å². The summed E-state index contributed by atoms with van der Waals surface area (Å²) in [5.41, 5.74) is 0.980. The molecule has 0 saturated carbocycles. The number of furan rings is 1. The van der Waals surface area contributed by atoms with E-state index in [4.69, 9.17) is 4.42 Å². The van der Waals surface area contributed by atoms with Gasteiger partial charge in [-0.15, -0.1) is 0 Å². The second-order valence-electron chi connectivity index (χ2n) is 7.47. The molecule has 1 unspecified atom stereocenters. The minimum atomic E-state index is 0.0102. The van der Waals surface area contributed by atoms with Crippen molar-refractivity contribution >= 4 is 11.9 Å². The summed E-state index contributed by atoms with van der Waals surface area (Å²) in [5.74, 6) is 1.57. The zero-order valence-corrected chi connectivity index (χ0v) is 17.9. The Hall–Kier alpha value is -2.87. The lowest BCUT2D eigenvalue weighted by molar-refractivity contribution is -0.128. The van der Waals surface area contributed by atoms with E-state index in [1.54, 1.807) is 24.4 Å². The average Bonchev–Trinajstić information content (AvgIpc) is 3.50. The standard InChI is InChI=1S/C22H32N6O2/c1-23-22(25-16-19(20-9-7-15-30-20)28-12-5-6-13-28)26-17-21(29)27(2)14-10-18-8-3-4-11-24-18/h3-4,7-9,11,15,19H,5-6,10,12-14,16-17H2,1-2H3,(H2,23,25,26). The molecule has 8 nitrogen and oxygen atoms in total. The Kier molecular flexibility index (Phi) is 8.26. The Bertz CT molecular complexity index is 787. The number of guanidine groups is 1. The van der Waals surface area contributed by atoms with Gasteiger partial charge in [0.2, 0.25) is 5.91 Å². The number of hydrogen-bond donors (Lipinski definition) is 2. The van der Waals surface area contributed by atoms with Crippen LogP contribution in [0.3, 0.4) is 0 Å². The van der Waals surface area contributed by atoms with E-state index in [9.17, 15) is 4.79 Å². The van der Waals surface area contributed by atoms with E-state index in [-0.39, 0.29) is 18.5 Å². The first kappa shape index (κ1) is 21.8. The lowest BCUT2D eigenvalue weighted by atomic mass is 10.2. The van der Waals surface area contributed by atoms with Crippen LogP contribution in [-0.2, 0) is 11.2 Å². The molecular weight excluding hydrogens is 380 g/mol. The molecule has 1 saturated heterocycles. The maximum absolute atomic E-state index is 12.5. The van der Waals surface area contributed by atoms with Gasteiger partial charge in [-0.1, -0.05) is 6.07 Å². The van der Waals surface area contributed by atoms with E-state index in [0.717, 1.165) is 31.0 Å². The molecule has 162 valence electrons. The van der Waals surface area contributed by atoms with E-state index < -0.39 is 0 Å². The molecule has 1 atom stereocenters. The maximum atomic E-state index is 12.5. The zero-order chi connectivity index (χ0) is 21.2. The van der Waals surface area contributed by atoms with E-state index in [2.05, 4.69) is 25.5 Å². The zero-order valence-electron chi connectivity index (χ0n) is 17.9. The number of rotatable bonds is 9. The summed E-state index contributed by atoms with van der Waals surface area (Å²) >= 11 is 0. The molecule has 1 aliphatic rings. The summed E-state index contributed by atoms with van der Waals surface area (Å²) in [5, 5.41) is 6.47. The van der Waals surface area contributed by atoms with Crippen LogP contribution in [0.2, 0.25) is 0 Å². The number of nitrogens with one attached hydrogen (secondary N) is 2. The minimum absolute atomic E-state index is 0.0102. The molecule has 1 amide bonds. The topological polar surface area (TPSA) is 86.0 Å². The Morgan fingerprint density at radius 1 is 1.27 bits per heavy atom. The molecule has 30 heavy (non-hydrogen) atoms. The number of nitrogens with zero attached hydrogens (tertiary/aromatic N) is 4. The summed E-state index contributed by atoms with van der Waals surface area (Å²) < 4.78 is 5.66. The Labute approximate surface area is 178 Å². The fraction of sp³-hybridized carbons (Fsp3) is 0.500. The predicted octanol–water partition coefficient (Wildman–Crippen LogP) is 1.68. The van der Waals surface area contributed by atoms with Crippen LogP contribution in [0, 0.1) is 0 Å². The number of amides is 1. The van der Waals surface area contributed by atoms with Gasteiger partial charge in [0, 0.05) is 45.5 Å². The highest BCUT2D eigenvalue weighted by molar-refractivity contribution is 5.86. The quantitative estimate of drug-likeness (QED) is 0.481. The van der Waals surface area contributed by atoms with Crippen molar-refractivity contribution in [1.29, 1.82) is 0 Å². The van der Waals surface area contributed by atoms with Gasteiger partial charge in [-0.05, 0) is 50.2 Å². The fourth-order valence-electron chi connectivity index (χ4n) is 3.60. The van der Waals surface area contributed by atoms with Crippen LogP contribution in [-0.4, -0.2) is 73.5 Å². The summed E-state index contributed by atoms with van der Waals surface area (Å²) in [6.45, 7) is 3.61. The SMILES string of the molecule is CN=C(NCC(=O)N(C)CCc1ccccn1)NCC(c1ccco1)N1CCCC1. The van der Waals surface area contributed by atoms with Crippen LogP contribution in [0.4, 0.5) is 0 Å². The van der Waals surface area contributed by atoms with Gasteiger partial charge in [-0.2, -0.15) is 0 Å². The number of aromatic nitrogens is 1. The number of carbonyl (C=O) groups is 1. The first-order valence-corrected chi connectivity index (χ1v) is 10.5. The van der Waals surface area contributed by atoms with Crippen molar-refractivity contribution in [3.05, 3.63) is 54.2 Å². The van der Waals surface area contributed by atoms with Crippen molar-refractivity contribution in [1.82, 2.24) is 25.4 Å². The summed E-state index contributed by atoms with van der Waals surface area (Å²) in [7, 11) is 3.52. The summed E-state index contributed by atoms with van der Waals surface area (Å²) in [4.78, 5) is 25.2. The first-order chi connectivity index (χ1) is 14.7. The minimum Gasteiger partial charge on any atom is -0.468 e. The number of pyridine rings is 1. The lowest BCUT2D eigenvalue weighted by Crippen LogP contribution is -2.46. The molecular formula is C22H32N6O2. The third-order valence-electron chi connectivity index (χ3n) is 5.40. The maximum Gasteiger partial charge on any atom is 0.241 e. The Morgan fingerprint density at radius 2 is 2.10 bits per heavy atom. The number of aliphatic imine (C=N–C) groups is 1. The molecule has 0 aliphatic carbocycles. The van der Waals surface area contributed by atoms with Crippen molar-refractivity contribution in [2.45, 2.75) is 25.3 Å². The van der Waals surface area contributed by atoms with Gasteiger partial charge in [0.15, 0.2) is 5.96 Å². The van der Waals surface area contributed by atoms with E-state index in [0.29, 0.717) is 19.0 Å². The van der Waals surface area contributed by atoms with Crippen molar-refractivity contribution in [3.63, 3.8) is 0 Å². The van der Waals surface area contributed by atoms with Gasteiger partial charge < -0.3 is 20.0 Å². The van der Waals surface area contributed by atoms with Crippen LogP contribution in [0.5, 0.6) is 0 Å². The van der Waals surface area contributed by atoms with Crippen LogP contribution in [0.25, 0.3) is 0 Å². The molecule has 0 spiro atoms. The molecule has 1 fully saturated rings. The highest BCUT2D eigenvalue weighted by Crippen LogP contribution is 2.24. The molecule has 2 aromatic heterocycles. The average molecular weight is 413 g/mol. The molecule has 0 aromatic carbocycles. The van der Waals surface area contributed by atoms with Gasteiger partial charge in [-0.3, -0.25) is 19.7 Å². The van der Waals surface area contributed by atoms with Crippen molar-refractivity contribution < 1.29 is 9.21 Å². The third kappa shape index (κ3) is 6.32. The van der Waals surface area contributed by atoms with Gasteiger partial charge in [0.1, 0.15) is 5.76 Å². The summed E-state index contributed by atoms with van der Waals surface area (Å²) in [6, 6.07) is 9.91.